The van der Waals surface area contributed by atoms with Crippen molar-refractivity contribution in [3.63, 3.8) is 0 Å². The lowest BCUT2D eigenvalue weighted by atomic mass is 9.86. The predicted octanol–water partition coefficient (Wildman–Crippen LogP) is 13.6. The summed E-state index contributed by atoms with van der Waals surface area (Å²) in [6.07, 6.45) is 14.9. The zero-order valence-corrected chi connectivity index (χ0v) is 38.9. The third-order valence-electron chi connectivity index (χ3n) is 11.9. The van der Waals surface area contributed by atoms with Crippen LogP contribution in [0.15, 0.2) is 156 Å². The summed E-state index contributed by atoms with van der Waals surface area (Å²) in [7, 11) is -0.395. The summed E-state index contributed by atoms with van der Waals surface area (Å²) < 4.78 is 20.9. The Balaban J connectivity index is 1.04. The van der Waals surface area contributed by atoms with Crippen molar-refractivity contribution in [3.05, 3.63) is 178 Å². The molecule has 0 fully saturated rings. The van der Waals surface area contributed by atoms with Crippen LogP contribution in [0.4, 0.5) is 0 Å². The van der Waals surface area contributed by atoms with Gasteiger partial charge >= 0.3 is 5.97 Å². The lowest BCUT2D eigenvalue weighted by Gasteiger charge is -2.31. The Morgan fingerprint density at radius 3 is 2.22 bits per heavy atom. The van der Waals surface area contributed by atoms with Gasteiger partial charge in [0.05, 0.1) is 17.4 Å². The van der Waals surface area contributed by atoms with Crippen molar-refractivity contribution in [2.45, 2.75) is 103 Å². The number of allylic oxidation sites excluding steroid dienone is 9. The molecule has 6 nitrogen and oxygen atoms in total. The van der Waals surface area contributed by atoms with Crippen LogP contribution < -0.4 is 5.43 Å². The van der Waals surface area contributed by atoms with Gasteiger partial charge in [0.15, 0.2) is 9.40 Å². The molecule has 0 saturated carbocycles. The van der Waals surface area contributed by atoms with Crippen molar-refractivity contribution in [3.8, 4) is 0 Å². The van der Waals surface area contributed by atoms with Gasteiger partial charge in [0.2, 0.25) is 11.2 Å². The van der Waals surface area contributed by atoms with Crippen LogP contribution in [0.3, 0.4) is 0 Å². The van der Waals surface area contributed by atoms with Crippen LogP contribution in [0, 0.1) is 5.41 Å². The Kier molecular flexibility index (Phi) is 13.7. The average molecular weight is 862 g/mol. The molecule has 0 N–H and O–H groups in total. The van der Waals surface area contributed by atoms with Gasteiger partial charge in [0, 0.05) is 30.3 Å². The normalized spacial score (nSPS) is 17.0. The summed E-state index contributed by atoms with van der Waals surface area (Å²) >= 11 is 0. The summed E-state index contributed by atoms with van der Waals surface area (Å²) in [6, 6.07) is 35.0. The highest BCUT2D eigenvalue weighted by Crippen LogP contribution is 2.51. The topological polar surface area (TPSA) is 78.9 Å². The Morgan fingerprint density at radius 2 is 1.51 bits per heavy atom. The Hall–Kier alpha value is -5.63. The average Bonchev–Trinajstić information content (AvgIpc) is 3.57. The zero-order valence-electron chi connectivity index (χ0n) is 38.0. The maximum atomic E-state index is 13.9. The van der Waals surface area contributed by atoms with Crippen LogP contribution in [0.2, 0.25) is 0 Å². The molecule has 0 bridgehead atoms. The number of benzene rings is 4. The standard InChI is InChI=1S/C56H61O6S/c1-38(2)42-28-30-50-46(33-42)53(59)44-25-15-16-27-49(44)63(50)43-24-17-26-48(45(34-43)39-19-11-9-12-20-39)60-36-51(57)56(7,8)61-37-55(5,6)62-52(58)31-29-41-23-18-32-54(3,4)35-47(41)40-21-13-10-14-22-40/h9-23,25-28,30,32-33,35,38,43H,24,29,31,34,36-37H2,1-8H3/q+1. The Bertz CT molecular complexity index is 2710. The monoisotopic (exact) mass is 861 g/mol. The summed E-state index contributed by atoms with van der Waals surface area (Å²) in [5, 5.41) is 1.72. The maximum absolute atomic E-state index is 13.9. The van der Waals surface area contributed by atoms with Gasteiger partial charge in [-0.05, 0) is 109 Å². The summed E-state index contributed by atoms with van der Waals surface area (Å²) in [4.78, 5) is 41.2. The van der Waals surface area contributed by atoms with Crippen LogP contribution in [0.25, 0.3) is 31.3 Å². The highest BCUT2D eigenvalue weighted by molar-refractivity contribution is 7.42. The summed E-state index contributed by atoms with van der Waals surface area (Å²) in [5.41, 5.74) is 4.27. The molecule has 2 unspecified atom stereocenters. The molecular weight excluding hydrogens is 801 g/mol. The van der Waals surface area contributed by atoms with E-state index >= 15 is 0 Å². The van der Waals surface area contributed by atoms with Gasteiger partial charge in [-0.2, -0.15) is 0 Å². The van der Waals surface area contributed by atoms with E-state index in [9.17, 15) is 14.4 Å². The molecule has 2 aliphatic rings. The van der Waals surface area contributed by atoms with Gasteiger partial charge in [0.1, 0.15) is 28.8 Å². The first-order chi connectivity index (χ1) is 30.0. The molecule has 0 radical (unpaired) electrons. The third kappa shape index (κ3) is 10.8. The van der Waals surface area contributed by atoms with Crippen molar-refractivity contribution in [1.29, 1.82) is 0 Å². The fourth-order valence-electron chi connectivity index (χ4n) is 8.29. The number of ketones is 1. The lowest BCUT2D eigenvalue weighted by Crippen LogP contribution is -2.43. The second-order valence-corrected chi connectivity index (χ2v) is 21.0. The molecule has 4 aromatic carbocycles. The molecule has 1 heterocycles. The number of carbonyl (C=O) groups is 2. The molecule has 7 rings (SSSR count). The second kappa shape index (κ2) is 19.0. The number of esters is 1. The molecule has 1 aromatic heterocycles. The van der Waals surface area contributed by atoms with Crippen LogP contribution in [-0.2, 0) is 23.8 Å². The number of Topliss-reactive ketones (excluding diaryl/α,β-unsaturated/α-hetero) is 1. The van der Waals surface area contributed by atoms with Crippen LogP contribution in [0.1, 0.15) is 109 Å². The molecule has 326 valence electrons. The van der Waals surface area contributed by atoms with E-state index in [4.69, 9.17) is 14.2 Å². The number of fused-ring (bicyclic) bond motifs is 2. The van der Waals surface area contributed by atoms with E-state index in [0.717, 1.165) is 60.0 Å². The minimum Gasteiger partial charge on any atom is -0.485 e. The molecule has 0 spiro atoms. The zero-order chi connectivity index (χ0) is 44.9. The molecule has 0 amide bonds. The first kappa shape index (κ1) is 45.4. The van der Waals surface area contributed by atoms with Gasteiger partial charge in [0.25, 0.3) is 0 Å². The minimum absolute atomic E-state index is 0.0260. The van der Waals surface area contributed by atoms with E-state index in [1.54, 1.807) is 27.7 Å². The van der Waals surface area contributed by atoms with Crippen LogP contribution >= 0.6 is 10.5 Å². The fraction of sp³-hybridized carbons (Fsp3) is 0.339. The van der Waals surface area contributed by atoms with Crippen LogP contribution in [0.5, 0.6) is 0 Å². The molecule has 0 saturated heterocycles. The van der Waals surface area contributed by atoms with Crippen molar-refractivity contribution in [2.75, 3.05) is 13.2 Å². The van der Waals surface area contributed by atoms with E-state index in [2.05, 4.69) is 107 Å². The highest BCUT2D eigenvalue weighted by Gasteiger charge is 2.35. The first-order valence-electron chi connectivity index (χ1n) is 22.2. The molecular formula is C56H61O6S+. The molecule has 7 heteroatoms. The third-order valence-corrected chi connectivity index (χ3v) is 14.6. The quantitative estimate of drug-likeness (QED) is 0.0593. The lowest BCUT2D eigenvalue weighted by molar-refractivity contribution is -0.171. The number of carbonyl (C=O) groups excluding carboxylic acids is 2. The second-order valence-electron chi connectivity index (χ2n) is 18.8. The van der Waals surface area contributed by atoms with E-state index < -0.39 is 21.7 Å². The summed E-state index contributed by atoms with van der Waals surface area (Å²) in [6.45, 7) is 15.6. The largest absolute Gasteiger partial charge is 0.485 e. The fourth-order valence-corrected chi connectivity index (χ4v) is 11.1. The number of hydrogen-bond acceptors (Lipinski definition) is 6. The van der Waals surface area contributed by atoms with E-state index in [1.807, 2.05) is 60.7 Å². The molecule has 2 atom stereocenters. The van der Waals surface area contributed by atoms with Crippen molar-refractivity contribution in [2.24, 2.45) is 5.41 Å². The Morgan fingerprint density at radius 1 is 0.841 bits per heavy atom. The van der Waals surface area contributed by atoms with Crippen molar-refractivity contribution in [1.82, 2.24) is 0 Å². The highest BCUT2D eigenvalue weighted by atomic mass is 32.2. The number of hydrogen-bond donors (Lipinski definition) is 0. The van der Waals surface area contributed by atoms with Gasteiger partial charge in [-0.25, -0.2) is 0 Å². The summed E-state index contributed by atoms with van der Waals surface area (Å²) in [5.74, 6) is 0.394. The maximum Gasteiger partial charge on any atom is 0.306 e. The SMILES string of the molecule is CC(C)c1ccc2c(c1)c(=O)c1ccccc1[s+]2C1CC=CC(OCC(=O)C(C)(C)OCC(C)(C)OC(=O)CCC2=CC=CC(C)(C)C=C2c2ccccc2)=C(c2ccccc2)C1. The molecule has 63 heavy (non-hydrogen) atoms. The number of ether oxygens (including phenoxy) is 3. The molecule has 0 aliphatic heterocycles. The Labute approximate surface area is 375 Å². The minimum atomic E-state index is -1.22. The van der Waals surface area contributed by atoms with Crippen molar-refractivity contribution >= 4 is 53.5 Å². The van der Waals surface area contributed by atoms with Gasteiger partial charge < -0.3 is 14.2 Å². The van der Waals surface area contributed by atoms with Gasteiger partial charge in [-0.1, -0.05) is 137 Å². The van der Waals surface area contributed by atoms with Crippen LogP contribution in [-0.4, -0.2) is 36.2 Å². The first-order valence-corrected chi connectivity index (χ1v) is 23.5. The van der Waals surface area contributed by atoms with E-state index in [-0.39, 0.29) is 47.5 Å². The smallest absolute Gasteiger partial charge is 0.306 e. The van der Waals surface area contributed by atoms with E-state index in [0.29, 0.717) is 24.5 Å². The van der Waals surface area contributed by atoms with Gasteiger partial charge in [-0.3, -0.25) is 14.4 Å². The number of rotatable bonds is 15. The van der Waals surface area contributed by atoms with E-state index in [1.165, 1.54) is 0 Å². The predicted molar refractivity (Wildman–Crippen MR) is 261 cm³/mol. The molecule has 2 aliphatic carbocycles. The van der Waals surface area contributed by atoms with Crippen molar-refractivity contribution < 1.29 is 23.8 Å². The molecule has 5 aromatic rings. The van der Waals surface area contributed by atoms with Gasteiger partial charge in [-0.15, -0.1) is 0 Å².